The Balaban J connectivity index is 1.33. The number of nitrogens with zero attached hydrogens (tertiary/aromatic N) is 1. The predicted molar refractivity (Wildman–Crippen MR) is 241 cm³/mol. The van der Waals surface area contributed by atoms with Crippen molar-refractivity contribution in [1.29, 1.82) is 0 Å². The molecule has 1 heterocycles. The van der Waals surface area contributed by atoms with E-state index in [4.69, 9.17) is 4.42 Å². The van der Waals surface area contributed by atoms with Crippen molar-refractivity contribution >= 4 is 39.0 Å². The quantitative estimate of drug-likeness (QED) is 0.169. The van der Waals surface area contributed by atoms with Gasteiger partial charge >= 0.3 is 0 Å². The van der Waals surface area contributed by atoms with Crippen molar-refractivity contribution in [2.24, 2.45) is 0 Å². The Morgan fingerprint density at radius 3 is 1.74 bits per heavy atom. The number of benzene rings is 8. The zero-order valence-corrected chi connectivity index (χ0v) is 33.2. The standard InChI is InChI=1S/C55H45NO/c1-54(2,3)42-28-29-46-44(35-42)52-47(55(46,4)5)33-41(38-21-13-8-14-22-38)34-49(52)56(43-24-15-23-39(31-43)36-17-9-6-10-18-36)48-25-16-26-51-53(48)45-32-40(27-30-50(45)57-51)37-19-11-7-12-20-37/h6-35H,1-5H3. The van der Waals surface area contributed by atoms with E-state index in [2.05, 4.69) is 222 Å². The van der Waals surface area contributed by atoms with Crippen LogP contribution in [0.15, 0.2) is 186 Å². The third kappa shape index (κ3) is 5.87. The molecule has 57 heavy (non-hydrogen) atoms. The molecule has 0 aliphatic heterocycles. The Bertz CT molecular complexity index is 2950. The summed E-state index contributed by atoms with van der Waals surface area (Å²) in [6.07, 6.45) is 0. The Labute approximate surface area is 335 Å². The van der Waals surface area contributed by atoms with E-state index < -0.39 is 0 Å². The SMILES string of the molecule is CC(C)(C)c1ccc2c(c1)-c1c(N(c3cccc(-c4ccccc4)c3)c3cccc4oc5ccc(-c6ccccc6)cc5c34)cc(-c3ccccc3)cc1C2(C)C. The lowest BCUT2D eigenvalue weighted by Crippen LogP contribution is -2.17. The Hall–Kier alpha value is -6.64. The highest BCUT2D eigenvalue weighted by atomic mass is 16.3. The molecule has 0 saturated carbocycles. The second-order valence-electron chi connectivity index (χ2n) is 17.0. The van der Waals surface area contributed by atoms with Crippen molar-refractivity contribution in [3.8, 4) is 44.5 Å². The molecule has 0 radical (unpaired) electrons. The van der Waals surface area contributed by atoms with Crippen LogP contribution in [0.25, 0.3) is 66.4 Å². The van der Waals surface area contributed by atoms with Gasteiger partial charge in [-0.1, -0.05) is 168 Å². The van der Waals surface area contributed by atoms with Gasteiger partial charge in [0.25, 0.3) is 0 Å². The van der Waals surface area contributed by atoms with E-state index in [1.807, 2.05) is 0 Å². The minimum Gasteiger partial charge on any atom is -0.456 e. The molecule has 0 bridgehead atoms. The number of hydrogen-bond donors (Lipinski definition) is 0. The van der Waals surface area contributed by atoms with Crippen molar-refractivity contribution in [2.75, 3.05) is 4.90 Å². The van der Waals surface area contributed by atoms with Gasteiger partial charge in [0.1, 0.15) is 11.2 Å². The van der Waals surface area contributed by atoms with Crippen LogP contribution < -0.4 is 4.90 Å². The zero-order chi connectivity index (χ0) is 38.9. The molecule has 2 heteroatoms. The Morgan fingerprint density at radius 1 is 0.456 bits per heavy atom. The predicted octanol–water partition coefficient (Wildman–Crippen LogP) is 15.7. The molecule has 2 nitrogen and oxygen atoms in total. The molecule has 0 fully saturated rings. The summed E-state index contributed by atoms with van der Waals surface area (Å²) in [5.74, 6) is 0. The summed E-state index contributed by atoms with van der Waals surface area (Å²) in [5, 5.41) is 2.19. The van der Waals surface area contributed by atoms with Crippen LogP contribution in [0.1, 0.15) is 51.3 Å². The van der Waals surface area contributed by atoms with Crippen LogP contribution in [-0.2, 0) is 10.8 Å². The monoisotopic (exact) mass is 735 g/mol. The average molecular weight is 736 g/mol. The van der Waals surface area contributed by atoms with Crippen LogP contribution in [0.2, 0.25) is 0 Å². The van der Waals surface area contributed by atoms with Crippen LogP contribution in [0.3, 0.4) is 0 Å². The van der Waals surface area contributed by atoms with Gasteiger partial charge in [0.15, 0.2) is 0 Å². The summed E-state index contributed by atoms with van der Waals surface area (Å²) < 4.78 is 6.70. The van der Waals surface area contributed by atoms with Gasteiger partial charge in [0, 0.05) is 22.1 Å². The van der Waals surface area contributed by atoms with Gasteiger partial charge in [0.05, 0.1) is 16.8 Å². The second kappa shape index (κ2) is 13.2. The summed E-state index contributed by atoms with van der Waals surface area (Å²) in [4.78, 5) is 2.51. The maximum Gasteiger partial charge on any atom is 0.137 e. The largest absolute Gasteiger partial charge is 0.456 e. The molecule has 1 aliphatic carbocycles. The van der Waals surface area contributed by atoms with Gasteiger partial charge < -0.3 is 9.32 Å². The number of fused-ring (bicyclic) bond motifs is 6. The van der Waals surface area contributed by atoms with E-state index in [0.717, 1.165) is 44.6 Å². The van der Waals surface area contributed by atoms with Gasteiger partial charge in [-0.05, 0) is 110 Å². The maximum atomic E-state index is 6.70. The molecule has 10 rings (SSSR count). The Morgan fingerprint density at radius 2 is 1.07 bits per heavy atom. The van der Waals surface area contributed by atoms with E-state index >= 15 is 0 Å². The molecule has 0 spiro atoms. The topological polar surface area (TPSA) is 16.4 Å². The number of furan rings is 1. The van der Waals surface area contributed by atoms with Gasteiger partial charge in [-0.15, -0.1) is 0 Å². The lowest BCUT2D eigenvalue weighted by molar-refractivity contribution is 0.589. The molecular formula is C55H45NO. The van der Waals surface area contributed by atoms with Crippen molar-refractivity contribution in [2.45, 2.75) is 45.4 Å². The summed E-state index contributed by atoms with van der Waals surface area (Å²) in [6, 6.07) is 66.4. The Kier molecular flexibility index (Phi) is 8.09. The minimum absolute atomic E-state index is 0.00641. The molecule has 1 aromatic heterocycles. The van der Waals surface area contributed by atoms with E-state index in [9.17, 15) is 0 Å². The highest BCUT2D eigenvalue weighted by molar-refractivity contribution is 6.15. The van der Waals surface area contributed by atoms with Gasteiger partial charge in [-0.25, -0.2) is 0 Å². The number of rotatable bonds is 6. The molecular weight excluding hydrogens is 691 g/mol. The van der Waals surface area contributed by atoms with Crippen molar-refractivity contribution in [3.05, 3.63) is 199 Å². The zero-order valence-electron chi connectivity index (χ0n) is 33.2. The van der Waals surface area contributed by atoms with Gasteiger partial charge in [-0.2, -0.15) is 0 Å². The van der Waals surface area contributed by atoms with Crippen LogP contribution >= 0.6 is 0 Å². The van der Waals surface area contributed by atoms with Gasteiger partial charge in [-0.3, -0.25) is 0 Å². The molecule has 0 amide bonds. The summed E-state index contributed by atoms with van der Waals surface area (Å²) in [7, 11) is 0. The maximum absolute atomic E-state index is 6.70. The fourth-order valence-electron chi connectivity index (χ4n) is 8.95. The van der Waals surface area contributed by atoms with Crippen molar-refractivity contribution in [3.63, 3.8) is 0 Å². The molecule has 9 aromatic rings. The minimum atomic E-state index is -0.225. The van der Waals surface area contributed by atoms with Crippen molar-refractivity contribution in [1.82, 2.24) is 0 Å². The van der Waals surface area contributed by atoms with Crippen molar-refractivity contribution < 1.29 is 4.42 Å². The number of anilines is 3. The molecule has 8 aromatic carbocycles. The first kappa shape index (κ1) is 34.8. The summed E-state index contributed by atoms with van der Waals surface area (Å²) in [5.41, 5.74) is 18.5. The van der Waals surface area contributed by atoms with Gasteiger partial charge in [0.2, 0.25) is 0 Å². The first-order chi connectivity index (χ1) is 27.6. The molecule has 1 aliphatic rings. The second-order valence-corrected chi connectivity index (χ2v) is 17.0. The van der Waals surface area contributed by atoms with E-state index in [1.54, 1.807) is 0 Å². The first-order valence-corrected chi connectivity index (χ1v) is 20.0. The molecule has 276 valence electrons. The fourth-order valence-corrected chi connectivity index (χ4v) is 8.95. The summed E-state index contributed by atoms with van der Waals surface area (Å²) >= 11 is 0. The lowest BCUT2D eigenvalue weighted by atomic mass is 9.80. The lowest BCUT2D eigenvalue weighted by Gasteiger charge is -2.30. The average Bonchev–Trinajstić information content (AvgIpc) is 3.73. The van der Waals surface area contributed by atoms with Crippen LogP contribution in [-0.4, -0.2) is 0 Å². The highest BCUT2D eigenvalue weighted by Gasteiger charge is 2.40. The third-order valence-electron chi connectivity index (χ3n) is 12.0. The van der Waals surface area contributed by atoms with E-state index in [1.165, 1.54) is 55.6 Å². The number of hydrogen-bond acceptors (Lipinski definition) is 2. The fraction of sp³-hybridized carbons (Fsp3) is 0.127. The van der Waals surface area contributed by atoms with E-state index in [0.29, 0.717) is 0 Å². The smallest absolute Gasteiger partial charge is 0.137 e. The normalized spacial score (nSPS) is 13.1. The third-order valence-corrected chi connectivity index (χ3v) is 12.0. The summed E-state index contributed by atoms with van der Waals surface area (Å²) in [6.45, 7) is 11.7. The van der Waals surface area contributed by atoms with Crippen LogP contribution in [0.4, 0.5) is 17.1 Å². The highest BCUT2D eigenvalue weighted by Crippen LogP contribution is 2.57. The molecule has 0 N–H and O–H groups in total. The van der Waals surface area contributed by atoms with Crippen LogP contribution in [0, 0.1) is 0 Å². The molecule has 0 saturated heterocycles. The molecule has 0 atom stereocenters. The first-order valence-electron chi connectivity index (χ1n) is 20.0. The van der Waals surface area contributed by atoms with Crippen LogP contribution in [0.5, 0.6) is 0 Å². The molecule has 0 unspecified atom stereocenters. The van der Waals surface area contributed by atoms with E-state index in [-0.39, 0.29) is 10.8 Å².